The summed E-state index contributed by atoms with van der Waals surface area (Å²) in [5.74, 6) is 0. The van der Waals surface area contributed by atoms with Gasteiger partial charge in [-0.1, -0.05) is 170 Å². The smallest absolute Gasteiger partial charge is 0.00143 e. The lowest BCUT2D eigenvalue weighted by atomic mass is 9.88. The summed E-state index contributed by atoms with van der Waals surface area (Å²) in [6.45, 7) is 0. The Morgan fingerprint density at radius 1 is 0.173 bits per heavy atom. The Bertz CT molecular complexity index is 3240. The first kappa shape index (κ1) is 28.0. The third kappa shape index (κ3) is 3.87. The van der Waals surface area contributed by atoms with Gasteiger partial charge >= 0.3 is 0 Å². The van der Waals surface area contributed by atoms with Crippen molar-refractivity contribution in [3.63, 3.8) is 0 Å². The average molecular weight is 655 g/mol. The van der Waals surface area contributed by atoms with E-state index in [0.717, 1.165) is 0 Å². The standard InChI is InChI=1S/C52H30/c1-3-7-43-31(5-1)9-15-35-19-23-39-25-21-37-17-11-33-13-27-41(29-45(33)49(37)51(39)47(35)43)42-28-14-34-12-18-38-22-26-40-24-20-36-16-10-32-6-2-4-8-44(32)48(36)52(40)50(38)46(34)30-42/h1-30H. The van der Waals surface area contributed by atoms with Gasteiger partial charge in [0.1, 0.15) is 0 Å². The summed E-state index contributed by atoms with van der Waals surface area (Å²) >= 11 is 0. The molecule has 12 aromatic rings. The molecule has 0 aliphatic carbocycles. The molecule has 0 aliphatic rings. The minimum Gasteiger partial charge on any atom is -0.0616 e. The van der Waals surface area contributed by atoms with E-state index in [-0.39, 0.29) is 0 Å². The van der Waals surface area contributed by atoms with Crippen molar-refractivity contribution in [1.82, 2.24) is 0 Å². The van der Waals surface area contributed by atoms with Crippen molar-refractivity contribution >= 4 is 108 Å². The number of rotatable bonds is 1. The molecule has 0 spiro atoms. The Labute approximate surface area is 299 Å². The molecular weight excluding hydrogens is 625 g/mol. The molecule has 52 heavy (non-hydrogen) atoms. The lowest BCUT2D eigenvalue weighted by Gasteiger charge is -2.15. The first-order valence-electron chi connectivity index (χ1n) is 18.2. The Morgan fingerprint density at radius 2 is 0.423 bits per heavy atom. The lowest BCUT2D eigenvalue weighted by Crippen LogP contribution is -1.87. The number of hydrogen-bond acceptors (Lipinski definition) is 0. The first-order chi connectivity index (χ1) is 25.8. The van der Waals surface area contributed by atoms with Gasteiger partial charge in [-0.25, -0.2) is 0 Å². The number of benzene rings is 12. The summed E-state index contributed by atoms with van der Waals surface area (Å²) in [6, 6.07) is 68.3. The molecule has 0 atom stereocenters. The third-order valence-electron chi connectivity index (χ3n) is 11.7. The molecule has 0 fully saturated rings. The number of fused-ring (bicyclic) bond motifs is 18. The lowest BCUT2D eigenvalue weighted by molar-refractivity contribution is 1.70. The van der Waals surface area contributed by atoms with Crippen LogP contribution in [0.5, 0.6) is 0 Å². The van der Waals surface area contributed by atoms with Crippen LogP contribution in [0.2, 0.25) is 0 Å². The molecule has 0 aliphatic heterocycles. The van der Waals surface area contributed by atoms with E-state index in [1.807, 2.05) is 0 Å². The summed E-state index contributed by atoms with van der Waals surface area (Å²) in [5.41, 5.74) is 2.47. The topological polar surface area (TPSA) is 0 Å². The van der Waals surface area contributed by atoms with Gasteiger partial charge in [0.25, 0.3) is 0 Å². The van der Waals surface area contributed by atoms with E-state index in [1.54, 1.807) is 0 Å². The molecule has 238 valence electrons. The van der Waals surface area contributed by atoms with Gasteiger partial charge in [0.15, 0.2) is 0 Å². The minimum atomic E-state index is 1.23. The monoisotopic (exact) mass is 654 g/mol. The van der Waals surface area contributed by atoms with Crippen LogP contribution >= 0.6 is 0 Å². The normalized spacial score (nSPS) is 12.2. The molecule has 0 bridgehead atoms. The van der Waals surface area contributed by atoms with Gasteiger partial charge in [-0.05, 0) is 131 Å². The van der Waals surface area contributed by atoms with Gasteiger partial charge in [-0.3, -0.25) is 0 Å². The van der Waals surface area contributed by atoms with Gasteiger partial charge in [0.05, 0.1) is 0 Å². The van der Waals surface area contributed by atoms with Gasteiger partial charge in [-0.2, -0.15) is 0 Å². The zero-order valence-corrected chi connectivity index (χ0v) is 28.3. The molecule has 0 saturated carbocycles. The van der Waals surface area contributed by atoms with Crippen LogP contribution in [0.4, 0.5) is 0 Å². The van der Waals surface area contributed by atoms with E-state index in [2.05, 4.69) is 182 Å². The van der Waals surface area contributed by atoms with Crippen LogP contribution in [0.3, 0.4) is 0 Å². The SMILES string of the molecule is c1ccc2c(c1)ccc1ccc3ccc4ccc5ccc(-c6ccc7ccc8ccc9ccc%10ccc%11ccccc%11c%10c9c8c7c6)cc5c4c3c12. The second-order valence-corrected chi connectivity index (χ2v) is 14.4. The van der Waals surface area contributed by atoms with Crippen molar-refractivity contribution in [2.45, 2.75) is 0 Å². The minimum absolute atomic E-state index is 1.23. The van der Waals surface area contributed by atoms with Crippen molar-refractivity contribution in [3.8, 4) is 11.1 Å². The molecule has 12 aromatic carbocycles. The fourth-order valence-corrected chi connectivity index (χ4v) is 9.27. The Hall–Kier alpha value is -6.76. The molecule has 12 rings (SSSR count). The van der Waals surface area contributed by atoms with E-state index in [9.17, 15) is 0 Å². The molecular formula is C52H30. The molecule has 0 radical (unpaired) electrons. The Balaban J connectivity index is 1.18. The van der Waals surface area contributed by atoms with Crippen molar-refractivity contribution in [3.05, 3.63) is 182 Å². The highest BCUT2D eigenvalue weighted by Crippen LogP contribution is 2.43. The second kappa shape index (κ2) is 10.4. The van der Waals surface area contributed by atoms with Gasteiger partial charge in [-0.15, -0.1) is 0 Å². The highest BCUT2D eigenvalue weighted by Gasteiger charge is 2.15. The van der Waals surface area contributed by atoms with Gasteiger partial charge < -0.3 is 0 Å². The van der Waals surface area contributed by atoms with Crippen LogP contribution in [0, 0.1) is 0 Å². The molecule has 0 heteroatoms. The summed E-state index contributed by atoms with van der Waals surface area (Å²) in [6.07, 6.45) is 0. The van der Waals surface area contributed by atoms with Crippen molar-refractivity contribution in [1.29, 1.82) is 0 Å². The van der Waals surface area contributed by atoms with Crippen LogP contribution in [0.1, 0.15) is 0 Å². The van der Waals surface area contributed by atoms with Crippen LogP contribution in [-0.2, 0) is 0 Å². The molecule has 0 N–H and O–H groups in total. The molecule has 0 aromatic heterocycles. The zero-order valence-electron chi connectivity index (χ0n) is 28.3. The third-order valence-corrected chi connectivity index (χ3v) is 11.7. The fraction of sp³-hybridized carbons (Fsp3) is 0. The molecule has 0 saturated heterocycles. The quantitative estimate of drug-likeness (QED) is 0.155. The van der Waals surface area contributed by atoms with Crippen molar-refractivity contribution in [2.75, 3.05) is 0 Å². The molecule has 0 amide bonds. The van der Waals surface area contributed by atoms with Crippen LogP contribution in [-0.4, -0.2) is 0 Å². The maximum absolute atomic E-state index is 2.44. The van der Waals surface area contributed by atoms with E-state index in [1.165, 1.54) is 119 Å². The van der Waals surface area contributed by atoms with E-state index >= 15 is 0 Å². The summed E-state index contributed by atoms with van der Waals surface area (Å²) in [5, 5.41) is 25.9. The largest absolute Gasteiger partial charge is 0.0616 e. The highest BCUT2D eigenvalue weighted by molar-refractivity contribution is 6.34. The summed E-state index contributed by atoms with van der Waals surface area (Å²) in [7, 11) is 0. The average Bonchev–Trinajstić information content (AvgIpc) is 3.22. The molecule has 0 unspecified atom stereocenters. The van der Waals surface area contributed by atoms with Crippen LogP contribution in [0.15, 0.2) is 182 Å². The van der Waals surface area contributed by atoms with Crippen LogP contribution in [0.25, 0.3) is 119 Å². The molecule has 0 heterocycles. The van der Waals surface area contributed by atoms with Crippen molar-refractivity contribution in [2.24, 2.45) is 0 Å². The van der Waals surface area contributed by atoms with Crippen molar-refractivity contribution < 1.29 is 0 Å². The zero-order chi connectivity index (χ0) is 33.9. The first-order valence-corrected chi connectivity index (χ1v) is 18.2. The van der Waals surface area contributed by atoms with Crippen LogP contribution < -0.4 is 0 Å². The highest BCUT2D eigenvalue weighted by atomic mass is 14.2. The maximum Gasteiger partial charge on any atom is -0.00143 e. The fourth-order valence-electron chi connectivity index (χ4n) is 9.27. The van der Waals surface area contributed by atoms with E-state index < -0.39 is 0 Å². The predicted molar refractivity (Wildman–Crippen MR) is 227 cm³/mol. The summed E-state index contributed by atoms with van der Waals surface area (Å²) < 4.78 is 0. The second-order valence-electron chi connectivity index (χ2n) is 14.4. The molecule has 0 nitrogen and oxygen atoms in total. The summed E-state index contributed by atoms with van der Waals surface area (Å²) in [4.78, 5) is 0. The Kier molecular flexibility index (Phi) is 5.59. The van der Waals surface area contributed by atoms with E-state index in [4.69, 9.17) is 0 Å². The maximum atomic E-state index is 2.44. The Morgan fingerprint density at radius 3 is 0.788 bits per heavy atom. The van der Waals surface area contributed by atoms with Gasteiger partial charge in [0.2, 0.25) is 0 Å². The number of hydrogen-bond donors (Lipinski definition) is 0. The predicted octanol–water partition coefficient (Wildman–Crippen LogP) is 14.9. The van der Waals surface area contributed by atoms with E-state index in [0.29, 0.717) is 0 Å². The van der Waals surface area contributed by atoms with Gasteiger partial charge in [0, 0.05) is 0 Å².